The zero-order valence-corrected chi connectivity index (χ0v) is 12.1. The van der Waals surface area contributed by atoms with Crippen molar-refractivity contribution in [2.75, 3.05) is 25.6 Å². The number of ether oxygens (including phenoxy) is 1. The third-order valence-corrected chi connectivity index (χ3v) is 4.05. The number of hydrogen-bond acceptors (Lipinski definition) is 6. The van der Waals surface area contributed by atoms with Gasteiger partial charge in [0.15, 0.2) is 5.69 Å². The average Bonchev–Trinajstić information content (AvgIpc) is 2.53. The highest BCUT2D eigenvalue weighted by Crippen LogP contribution is 2.29. The zero-order chi connectivity index (χ0) is 14.5. The highest BCUT2D eigenvalue weighted by molar-refractivity contribution is 5.87. The van der Waals surface area contributed by atoms with Crippen LogP contribution in [0.5, 0.6) is 0 Å². The molecule has 0 amide bonds. The molecular weight excluding hydrogens is 256 g/mol. The van der Waals surface area contributed by atoms with Crippen LogP contribution < -0.4 is 10.6 Å². The molecule has 0 bridgehead atoms. The Morgan fingerprint density at radius 2 is 2.20 bits per heavy atom. The molecule has 0 saturated heterocycles. The summed E-state index contributed by atoms with van der Waals surface area (Å²) in [5, 5.41) is 0. The molecule has 6 heteroatoms. The molecule has 6 nitrogen and oxygen atoms in total. The standard InChI is InChI=1S/C14H22N4O2/c1-18(12-6-4-3-5-10(12)7-15)13-9-16-8-11(17-13)14(19)20-2/h8-10,12H,3-7,15H2,1-2H3. The van der Waals surface area contributed by atoms with Gasteiger partial charge in [-0.15, -0.1) is 0 Å². The van der Waals surface area contributed by atoms with Crippen LogP contribution in [0.15, 0.2) is 12.4 Å². The van der Waals surface area contributed by atoms with Crippen LogP contribution in [0.4, 0.5) is 5.82 Å². The van der Waals surface area contributed by atoms with Crippen molar-refractivity contribution in [3.63, 3.8) is 0 Å². The highest BCUT2D eigenvalue weighted by atomic mass is 16.5. The van der Waals surface area contributed by atoms with Crippen molar-refractivity contribution in [3.8, 4) is 0 Å². The van der Waals surface area contributed by atoms with Gasteiger partial charge in [-0.1, -0.05) is 12.8 Å². The fourth-order valence-corrected chi connectivity index (χ4v) is 2.87. The summed E-state index contributed by atoms with van der Waals surface area (Å²) in [6.45, 7) is 0.680. The Kier molecular flexibility index (Phi) is 4.89. The monoisotopic (exact) mass is 278 g/mol. The summed E-state index contributed by atoms with van der Waals surface area (Å²) < 4.78 is 4.68. The molecule has 1 fully saturated rings. The Hall–Kier alpha value is -1.69. The van der Waals surface area contributed by atoms with Crippen molar-refractivity contribution >= 4 is 11.8 Å². The van der Waals surface area contributed by atoms with Crippen LogP contribution in [0.1, 0.15) is 36.2 Å². The molecule has 1 saturated carbocycles. The van der Waals surface area contributed by atoms with E-state index in [9.17, 15) is 4.79 Å². The van der Waals surface area contributed by atoms with Crippen LogP contribution in [-0.4, -0.2) is 42.7 Å². The first-order valence-electron chi connectivity index (χ1n) is 7.00. The first-order chi connectivity index (χ1) is 9.67. The molecule has 2 N–H and O–H groups in total. The fraction of sp³-hybridized carbons (Fsp3) is 0.643. The SMILES string of the molecule is COC(=O)c1cncc(N(C)C2CCCCC2CN)n1. The van der Waals surface area contributed by atoms with Gasteiger partial charge in [-0.25, -0.2) is 9.78 Å². The Balaban J connectivity index is 2.19. The number of esters is 1. The van der Waals surface area contributed by atoms with Crippen LogP contribution in [-0.2, 0) is 4.74 Å². The quantitative estimate of drug-likeness (QED) is 0.834. The van der Waals surface area contributed by atoms with E-state index in [1.165, 1.54) is 26.1 Å². The third-order valence-electron chi connectivity index (χ3n) is 4.05. The maximum Gasteiger partial charge on any atom is 0.358 e. The van der Waals surface area contributed by atoms with Crippen LogP contribution in [0, 0.1) is 5.92 Å². The predicted octanol–water partition coefficient (Wildman–Crippen LogP) is 1.22. The molecule has 1 heterocycles. The highest BCUT2D eigenvalue weighted by Gasteiger charge is 2.28. The van der Waals surface area contributed by atoms with Gasteiger partial charge in [0.25, 0.3) is 0 Å². The summed E-state index contributed by atoms with van der Waals surface area (Å²) in [6, 6.07) is 0.357. The van der Waals surface area contributed by atoms with Crippen LogP contribution in [0.2, 0.25) is 0 Å². The van der Waals surface area contributed by atoms with Gasteiger partial charge in [-0.3, -0.25) is 4.98 Å². The van der Waals surface area contributed by atoms with Gasteiger partial charge in [0.2, 0.25) is 0 Å². The maximum atomic E-state index is 11.5. The number of nitrogens with two attached hydrogens (primary N) is 1. The molecule has 1 aromatic rings. The third kappa shape index (κ3) is 3.07. The van der Waals surface area contributed by atoms with E-state index in [-0.39, 0.29) is 5.69 Å². The van der Waals surface area contributed by atoms with E-state index >= 15 is 0 Å². The van der Waals surface area contributed by atoms with Crippen molar-refractivity contribution in [1.29, 1.82) is 0 Å². The van der Waals surface area contributed by atoms with E-state index in [1.54, 1.807) is 6.20 Å². The van der Waals surface area contributed by atoms with Gasteiger partial charge >= 0.3 is 5.97 Å². The Morgan fingerprint density at radius 3 is 2.90 bits per heavy atom. The number of rotatable bonds is 4. The lowest BCUT2D eigenvalue weighted by atomic mass is 9.84. The van der Waals surface area contributed by atoms with Crippen LogP contribution in [0.25, 0.3) is 0 Å². The van der Waals surface area contributed by atoms with E-state index in [4.69, 9.17) is 5.73 Å². The normalized spacial score (nSPS) is 22.4. The second-order valence-corrected chi connectivity index (χ2v) is 5.21. The molecule has 0 aromatic carbocycles. The molecule has 110 valence electrons. The summed E-state index contributed by atoms with van der Waals surface area (Å²) in [5.74, 6) is 0.697. The predicted molar refractivity (Wildman–Crippen MR) is 76.6 cm³/mol. The molecule has 0 aliphatic heterocycles. The number of methoxy groups -OCH3 is 1. The first kappa shape index (κ1) is 14.7. The molecule has 2 atom stereocenters. The Morgan fingerprint density at radius 1 is 1.45 bits per heavy atom. The average molecular weight is 278 g/mol. The van der Waals surface area contributed by atoms with Gasteiger partial charge in [-0.05, 0) is 25.3 Å². The minimum atomic E-state index is -0.466. The lowest BCUT2D eigenvalue weighted by Crippen LogP contribution is -2.43. The molecule has 1 aliphatic rings. The number of carbonyl (C=O) groups is 1. The minimum absolute atomic E-state index is 0.233. The van der Waals surface area contributed by atoms with Gasteiger partial charge < -0.3 is 15.4 Å². The molecule has 0 spiro atoms. The smallest absolute Gasteiger partial charge is 0.358 e. The molecule has 20 heavy (non-hydrogen) atoms. The number of nitrogens with zero attached hydrogens (tertiary/aromatic N) is 3. The van der Waals surface area contributed by atoms with Crippen LogP contribution >= 0.6 is 0 Å². The van der Waals surface area contributed by atoms with Crippen molar-refractivity contribution in [3.05, 3.63) is 18.1 Å². The van der Waals surface area contributed by atoms with Gasteiger partial charge in [0.05, 0.1) is 19.5 Å². The van der Waals surface area contributed by atoms with E-state index in [1.807, 2.05) is 7.05 Å². The molecule has 0 radical (unpaired) electrons. The van der Waals surface area contributed by atoms with E-state index in [2.05, 4.69) is 19.6 Å². The topological polar surface area (TPSA) is 81.3 Å². The summed E-state index contributed by atoms with van der Waals surface area (Å²) in [7, 11) is 3.33. The van der Waals surface area contributed by atoms with Crippen molar-refractivity contribution in [1.82, 2.24) is 9.97 Å². The lowest BCUT2D eigenvalue weighted by Gasteiger charge is -2.38. The van der Waals surface area contributed by atoms with Crippen molar-refractivity contribution in [2.24, 2.45) is 11.7 Å². The largest absolute Gasteiger partial charge is 0.464 e. The second-order valence-electron chi connectivity index (χ2n) is 5.21. The zero-order valence-electron chi connectivity index (χ0n) is 12.1. The molecule has 2 unspecified atom stereocenters. The van der Waals surface area contributed by atoms with E-state index < -0.39 is 5.97 Å². The maximum absolute atomic E-state index is 11.5. The summed E-state index contributed by atoms with van der Waals surface area (Å²) in [6.07, 6.45) is 7.78. The van der Waals surface area contributed by atoms with Crippen LogP contribution in [0.3, 0.4) is 0 Å². The van der Waals surface area contributed by atoms with Crippen molar-refractivity contribution in [2.45, 2.75) is 31.7 Å². The molecular formula is C14H22N4O2. The minimum Gasteiger partial charge on any atom is -0.464 e. The van der Waals surface area contributed by atoms with Gasteiger partial charge in [0, 0.05) is 13.1 Å². The lowest BCUT2D eigenvalue weighted by molar-refractivity contribution is 0.0593. The molecule has 1 aliphatic carbocycles. The van der Waals surface area contributed by atoms with Crippen molar-refractivity contribution < 1.29 is 9.53 Å². The summed E-state index contributed by atoms with van der Waals surface area (Å²) in [4.78, 5) is 22.0. The first-order valence-corrected chi connectivity index (χ1v) is 7.00. The number of anilines is 1. The van der Waals surface area contributed by atoms with E-state index in [0.29, 0.717) is 24.3 Å². The van der Waals surface area contributed by atoms with Gasteiger partial charge in [-0.2, -0.15) is 0 Å². The number of carbonyl (C=O) groups excluding carboxylic acids is 1. The Bertz CT molecular complexity index is 466. The summed E-state index contributed by atoms with van der Waals surface area (Å²) in [5.41, 5.74) is 6.11. The molecule has 2 rings (SSSR count). The fourth-order valence-electron chi connectivity index (χ4n) is 2.87. The summed E-state index contributed by atoms with van der Waals surface area (Å²) >= 11 is 0. The number of aromatic nitrogens is 2. The van der Waals surface area contributed by atoms with Gasteiger partial charge in [0.1, 0.15) is 5.82 Å². The van der Waals surface area contributed by atoms with E-state index in [0.717, 1.165) is 12.8 Å². The second kappa shape index (κ2) is 6.65. The molecule has 1 aromatic heterocycles. The Labute approximate surface area is 119 Å². The number of hydrogen-bond donors (Lipinski definition) is 1.